The molecule has 4 rings (SSSR count). The Kier molecular flexibility index (Phi) is 6.58. The molecule has 0 saturated heterocycles. The fourth-order valence-corrected chi connectivity index (χ4v) is 3.44. The number of para-hydroxylation sites is 1. The van der Waals surface area contributed by atoms with Gasteiger partial charge >= 0.3 is 0 Å². The summed E-state index contributed by atoms with van der Waals surface area (Å²) in [7, 11) is 0. The lowest BCUT2D eigenvalue weighted by Crippen LogP contribution is -2.05. The van der Waals surface area contributed by atoms with Gasteiger partial charge in [-0.2, -0.15) is 0 Å². The summed E-state index contributed by atoms with van der Waals surface area (Å²) in [5.41, 5.74) is 3.89. The van der Waals surface area contributed by atoms with Crippen LogP contribution >= 0.6 is 11.6 Å². The molecule has 0 radical (unpaired) electrons. The van der Waals surface area contributed by atoms with Gasteiger partial charge in [-0.3, -0.25) is 10.8 Å². The molecule has 158 valence electrons. The Labute approximate surface area is 190 Å². The number of nitrogens with zero attached hydrogens (tertiary/aromatic N) is 1. The number of rotatable bonds is 7. The normalized spacial score (nSPS) is 11.2. The van der Waals surface area contributed by atoms with E-state index in [0.29, 0.717) is 23.0 Å². The average Bonchev–Trinajstić information content (AvgIpc) is 2.82. The molecule has 32 heavy (non-hydrogen) atoms. The molecule has 0 fully saturated rings. The number of benzene rings is 3. The van der Waals surface area contributed by atoms with Crippen molar-refractivity contribution in [2.24, 2.45) is 0 Å². The SMILES string of the molecule is N=COC(=N)C(=Cc1cccc(Cl)c1)c1ccc(OCc2ccc3ccccc3n2)cc1. The first-order valence-corrected chi connectivity index (χ1v) is 10.3. The molecule has 0 spiro atoms. The molecule has 0 aliphatic rings. The van der Waals surface area contributed by atoms with Gasteiger partial charge in [0.25, 0.3) is 0 Å². The molecule has 1 heterocycles. The molecule has 0 aliphatic heterocycles. The van der Waals surface area contributed by atoms with Gasteiger partial charge in [0.1, 0.15) is 12.4 Å². The van der Waals surface area contributed by atoms with Gasteiger partial charge in [0.05, 0.1) is 11.2 Å². The number of hydrogen-bond acceptors (Lipinski definition) is 5. The number of pyridine rings is 1. The van der Waals surface area contributed by atoms with Gasteiger partial charge in [0.15, 0.2) is 6.40 Å². The van der Waals surface area contributed by atoms with Crippen molar-refractivity contribution in [2.75, 3.05) is 0 Å². The second-order valence-electron chi connectivity index (χ2n) is 6.99. The average molecular weight is 442 g/mol. The van der Waals surface area contributed by atoms with Crippen LogP contribution in [0.4, 0.5) is 0 Å². The molecule has 1 aromatic heterocycles. The van der Waals surface area contributed by atoms with Crippen molar-refractivity contribution in [1.82, 2.24) is 4.98 Å². The van der Waals surface area contributed by atoms with E-state index in [1.807, 2.05) is 72.8 Å². The lowest BCUT2D eigenvalue weighted by Gasteiger charge is -2.11. The van der Waals surface area contributed by atoms with Crippen LogP contribution in [-0.4, -0.2) is 17.3 Å². The van der Waals surface area contributed by atoms with Crippen LogP contribution in [0.1, 0.15) is 16.8 Å². The zero-order chi connectivity index (χ0) is 22.3. The van der Waals surface area contributed by atoms with Crippen LogP contribution in [0.25, 0.3) is 22.6 Å². The van der Waals surface area contributed by atoms with Crippen LogP contribution < -0.4 is 4.74 Å². The monoisotopic (exact) mass is 441 g/mol. The molecule has 4 aromatic rings. The summed E-state index contributed by atoms with van der Waals surface area (Å²) in [6.07, 6.45) is 2.54. The predicted octanol–water partition coefficient (Wildman–Crippen LogP) is 6.61. The van der Waals surface area contributed by atoms with Crippen LogP contribution in [0.15, 0.2) is 84.9 Å². The van der Waals surface area contributed by atoms with Gasteiger partial charge in [0.2, 0.25) is 5.90 Å². The van der Waals surface area contributed by atoms with Crippen LogP contribution in [0.2, 0.25) is 5.02 Å². The van der Waals surface area contributed by atoms with Crippen molar-refractivity contribution in [3.63, 3.8) is 0 Å². The lowest BCUT2D eigenvalue weighted by molar-refractivity contribution is 0.302. The quantitative estimate of drug-likeness (QED) is 0.192. The number of ether oxygens (including phenoxy) is 2. The summed E-state index contributed by atoms with van der Waals surface area (Å²) in [5.74, 6) is 0.555. The van der Waals surface area contributed by atoms with Gasteiger partial charge in [-0.15, -0.1) is 0 Å². The number of hydrogen-bond donors (Lipinski definition) is 2. The zero-order valence-electron chi connectivity index (χ0n) is 17.1. The van der Waals surface area contributed by atoms with Crippen molar-refractivity contribution in [1.29, 1.82) is 10.8 Å². The van der Waals surface area contributed by atoms with Gasteiger partial charge in [-0.05, 0) is 53.6 Å². The molecular weight excluding hydrogens is 422 g/mol. The summed E-state index contributed by atoms with van der Waals surface area (Å²) in [6, 6.07) is 26.6. The van der Waals surface area contributed by atoms with Gasteiger partial charge in [-0.25, -0.2) is 4.98 Å². The molecule has 6 heteroatoms. The standard InChI is InChI=1S/C26H20ClN3O2/c27-21-6-3-4-18(14-21)15-24(26(29)32-17-28)19-9-12-23(13-10-19)31-16-22-11-8-20-5-1-2-7-25(20)30-22/h1-15,17,28-29H,16H2. The molecular formula is C26H20ClN3O2. The third-order valence-electron chi connectivity index (χ3n) is 4.79. The highest BCUT2D eigenvalue weighted by molar-refractivity contribution is 6.31. The Hall–Kier alpha value is -3.96. The zero-order valence-corrected chi connectivity index (χ0v) is 17.8. The van der Waals surface area contributed by atoms with E-state index in [1.165, 1.54) is 0 Å². The first kappa shape index (κ1) is 21.3. The van der Waals surface area contributed by atoms with Gasteiger partial charge in [0, 0.05) is 16.0 Å². The minimum Gasteiger partial charge on any atom is -0.487 e. The number of fused-ring (bicyclic) bond motifs is 1. The molecule has 0 unspecified atom stereocenters. The molecule has 5 nitrogen and oxygen atoms in total. The van der Waals surface area contributed by atoms with Crippen LogP contribution in [0.5, 0.6) is 5.75 Å². The summed E-state index contributed by atoms with van der Waals surface area (Å²) < 4.78 is 10.9. The van der Waals surface area contributed by atoms with Crippen LogP contribution in [0, 0.1) is 10.8 Å². The van der Waals surface area contributed by atoms with Crippen LogP contribution in [-0.2, 0) is 11.3 Å². The third kappa shape index (κ3) is 5.20. The number of halogens is 1. The maximum absolute atomic E-state index is 8.19. The second kappa shape index (κ2) is 9.90. The molecule has 0 bridgehead atoms. The fourth-order valence-electron chi connectivity index (χ4n) is 3.24. The highest BCUT2D eigenvalue weighted by Crippen LogP contribution is 2.24. The maximum atomic E-state index is 8.19. The largest absolute Gasteiger partial charge is 0.487 e. The van der Waals surface area contributed by atoms with E-state index in [1.54, 1.807) is 18.2 Å². The Morgan fingerprint density at radius 3 is 2.53 bits per heavy atom. The van der Waals surface area contributed by atoms with E-state index in [2.05, 4.69) is 4.98 Å². The van der Waals surface area contributed by atoms with E-state index >= 15 is 0 Å². The molecule has 2 N–H and O–H groups in total. The molecule has 0 amide bonds. The Bertz CT molecular complexity index is 1300. The number of nitrogens with one attached hydrogen (secondary N) is 2. The van der Waals surface area contributed by atoms with Crippen molar-refractivity contribution in [2.45, 2.75) is 6.61 Å². The Balaban J connectivity index is 1.52. The first-order valence-electron chi connectivity index (χ1n) is 9.92. The smallest absolute Gasteiger partial charge is 0.221 e. The van der Waals surface area contributed by atoms with Crippen molar-refractivity contribution >= 4 is 46.5 Å². The molecule has 0 aliphatic carbocycles. The molecule has 0 saturated carbocycles. The topological polar surface area (TPSA) is 79.0 Å². The fraction of sp³-hybridized carbons (Fsp3) is 0.0385. The predicted molar refractivity (Wildman–Crippen MR) is 129 cm³/mol. The second-order valence-corrected chi connectivity index (χ2v) is 7.42. The highest BCUT2D eigenvalue weighted by atomic mass is 35.5. The van der Waals surface area contributed by atoms with Gasteiger partial charge < -0.3 is 9.47 Å². The van der Waals surface area contributed by atoms with E-state index in [9.17, 15) is 0 Å². The Morgan fingerprint density at radius 2 is 1.75 bits per heavy atom. The summed E-state index contributed by atoms with van der Waals surface area (Å²) >= 11 is 6.08. The van der Waals surface area contributed by atoms with E-state index in [4.69, 9.17) is 31.9 Å². The molecule has 0 atom stereocenters. The first-order chi connectivity index (χ1) is 15.6. The molecule has 3 aromatic carbocycles. The lowest BCUT2D eigenvalue weighted by atomic mass is 10.0. The highest BCUT2D eigenvalue weighted by Gasteiger charge is 2.11. The third-order valence-corrected chi connectivity index (χ3v) is 5.02. The summed E-state index contributed by atoms with van der Waals surface area (Å²) in [5, 5.41) is 17.0. The summed E-state index contributed by atoms with van der Waals surface area (Å²) in [6.45, 7) is 0.349. The number of aromatic nitrogens is 1. The summed E-state index contributed by atoms with van der Waals surface area (Å²) in [4.78, 5) is 4.62. The minimum absolute atomic E-state index is 0.131. The van der Waals surface area contributed by atoms with Crippen molar-refractivity contribution in [3.05, 3.63) is 107 Å². The minimum atomic E-state index is -0.131. The van der Waals surface area contributed by atoms with Crippen molar-refractivity contribution < 1.29 is 9.47 Å². The van der Waals surface area contributed by atoms with E-state index in [0.717, 1.165) is 34.1 Å². The van der Waals surface area contributed by atoms with Gasteiger partial charge in [-0.1, -0.05) is 60.1 Å². The Morgan fingerprint density at radius 1 is 0.938 bits per heavy atom. The van der Waals surface area contributed by atoms with E-state index < -0.39 is 0 Å². The van der Waals surface area contributed by atoms with E-state index in [-0.39, 0.29) is 5.90 Å². The maximum Gasteiger partial charge on any atom is 0.221 e. The van der Waals surface area contributed by atoms with Crippen LogP contribution in [0.3, 0.4) is 0 Å². The van der Waals surface area contributed by atoms with Crippen molar-refractivity contribution in [3.8, 4) is 5.75 Å².